The molecule has 1 aromatic rings. The summed E-state index contributed by atoms with van der Waals surface area (Å²) in [6.07, 6.45) is 3.73. The van der Waals surface area contributed by atoms with Crippen LogP contribution in [0.15, 0.2) is 16.7 Å². The van der Waals surface area contributed by atoms with E-state index in [0.717, 1.165) is 42.6 Å². The minimum atomic E-state index is 0.1000. The van der Waals surface area contributed by atoms with Crippen LogP contribution in [0, 0.1) is 5.92 Å². The smallest absolute Gasteiger partial charge is 0.270 e. The number of aliphatic hydroxyl groups is 1. The lowest BCUT2D eigenvalue weighted by Crippen LogP contribution is -2.30. The molecule has 100 valence electrons. The number of hydrogen-bond donors (Lipinski definition) is 1. The van der Waals surface area contributed by atoms with Gasteiger partial charge in [-0.1, -0.05) is 0 Å². The number of rotatable bonds is 4. The Balaban J connectivity index is 2.07. The Kier molecular flexibility index (Phi) is 4.45. The third-order valence-corrected chi connectivity index (χ3v) is 3.97. The summed E-state index contributed by atoms with van der Waals surface area (Å²) in [5.74, 6) is 0.551. The highest BCUT2D eigenvalue weighted by molar-refractivity contribution is 9.10. The van der Waals surface area contributed by atoms with Crippen LogP contribution in [0.3, 0.4) is 0 Å². The second-order valence-electron chi connectivity index (χ2n) is 4.75. The van der Waals surface area contributed by atoms with Crippen molar-refractivity contribution in [3.8, 4) is 0 Å². The number of amides is 1. The Morgan fingerprint density at radius 1 is 1.61 bits per heavy atom. The Bertz CT molecular complexity index is 431. The molecule has 0 saturated carbocycles. The fourth-order valence-electron chi connectivity index (χ4n) is 2.51. The summed E-state index contributed by atoms with van der Waals surface area (Å²) in [4.78, 5) is 14.3. The number of aryl methyl sites for hydroxylation is 1. The van der Waals surface area contributed by atoms with E-state index in [0.29, 0.717) is 5.92 Å². The van der Waals surface area contributed by atoms with E-state index in [9.17, 15) is 4.79 Å². The normalized spacial score (nSPS) is 19.5. The molecule has 0 radical (unpaired) electrons. The topological polar surface area (TPSA) is 45.5 Å². The minimum Gasteiger partial charge on any atom is -0.396 e. The molecule has 1 atom stereocenters. The summed E-state index contributed by atoms with van der Waals surface area (Å²) in [5.41, 5.74) is 0.744. The number of aromatic nitrogens is 1. The van der Waals surface area contributed by atoms with Crippen LogP contribution in [-0.2, 0) is 6.54 Å². The quantitative estimate of drug-likeness (QED) is 0.925. The molecule has 0 spiro atoms. The summed E-state index contributed by atoms with van der Waals surface area (Å²) in [5, 5.41) is 8.94. The van der Waals surface area contributed by atoms with Gasteiger partial charge in [-0.15, -0.1) is 0 Å². The zero-order valence-corrected chi connectivity index (χ0v) is 12.2. The van der Waals surface area contributed by atoms with E-state index in [1.165, 1.54) is 0 Å². The highest BCUT2D eigenvalue weighted by Gasteiger charge is 2.28. The lowest BCUT2D eigenvalue weighted by atomic mass is 10.1. The number of halogens is 1. The lowest BCUT2D eigenvalue weighted by molar-refractivity contribution is 0.0774. The first-order valence-electron chi connectivity index (χ1n) is 6.41. The van der Waals surface area contributed by atoms with E-state index in [2.05, 4.69) is 15.9 Å². The van der Waals surface area contributed by atoms with Gasteiger partial charge in [0.05, 0.1) is 0 Å². The van der Waals surface area contributed by atoms with Gasteiger partial charge in [-0.3, -0.25) is 4.79 Å². The molecule has 18 heavy (non-hydrogen) atoms. The molecule has 2 heterocycles. The van der Waals surface area contributed by atoms with E-state index >= 15 is 0 Å². The van der Waals surface area contributed by atoms with Crippen LogP contribution in [0.5, 0.6) is 0 Å². The Morgan fingerprint density at radius 3 is 3.06 bits per heavy atom. The molecule has 0 aliphatic carbocycles. The average molecular weight is 315 g/mol. The van der Waals surface area contributed by atoms with Crippen molar-refractivity contribution in [3.63, 3.8) is 0 Å². The van der Waals surface area contributed by atoms with Crippen molar-refractivity contribution >= 4 is 21.8 Å². The molecule has 1 amide bonds. The molecular formula is C13H19BrN2O2. The van der Waals surface area contributed by atoms with E-state index in [1.807, 2.05) is 28.7 Å². The van der Waals surface area contributed by atoms with Crippen molar-refractivity contribution in [2.45, 2.75) is 26.3 Å². The van der Waals surface area contributed by atoms with Gasteiger partial charge in [0, 0.05) is 36.9 Å². The number of carbonyl (C=O) groups excluding carboxylic acids is 1. The minimum absolute atomic E-state index is 0.1000. The van der Waals surface area contributed by atoms with Gasteiger partial charge in [0.25, 0.3) is 5.91 Å². The summed E-state index contributed by atoms with van der Waals surface area (Å²) < 4.78 is 2.91. The van der Waals surface area contributed by atoms with Gasteiger partial charge in [-0.05, 0) is 47.7 Å². The van der Waals surface area contributed by atoms with Gasteiger partial charge in [0.15, 0.2) is 0 Å². The van der Waals surface area contributed by atoms with E-state index in [-0.39, 0.29) is 12.5 Å². The fraction of sp³-hybridized carbons (Fsp3) is 0.615. The van der Waals surface area contributed by atoms with Gasteiger partial charge in [-0.25, -0.2) is 0 Å². The number of likely N-dealkylation sites (tertiary alicyclic amines) is 1. The molecule has 1 unspecified atom stereocenters. The Labute approximate surface area is 116 Å². The van der Waals surface area contributed by atoms with Gasteiger partial charge in [0.2, 0.25) is 0 Å². The average Bonchev–Trinajstić information content (AvgIpc) is 2.95. The molecule has 2 rings (SSSR count). The third-order valence-electron chi connectivity index (χ3n) is 3.53. The Morgan fingerprint density at radius 2 is 2.39 bits per heavy atom. The first-order chi connectivity index (χ1) is 8.65. The molecule has 0 aromatic carbocycles. The predicted molar refractivity (Wildman–Crippen MR) is 73.5 cm³/mol. The summed E-state index contributed by atoms with van der Waals surface area (Å²) in [6, 6.07) is 1.88. The first kappa shape index (κ1) is 13.6. The van der Waals surface area contributed by atoms with E-state index in [4.69, 9.17) is 5.11 Å². The SMILES string of the molecule is CCn1cc(Br)cc1C(=O)N1CCC(CCO)C1. The molecule has 1 aliphatic heterocycles. The number of nitrogens with zero attached hydrogens (tertiary/aromatic N) is 2. The van der Waals surface area contributed by atoms with Crippen LogP contribution in [0.2, 0.25) is 0 Å². The van der Waals surface area contributed by atoms with Crippen molar-refractivity contribution in [2.75, 3.05) is 19.7 Å². The van der Waals surface area contributed by atoms with Crippen molar-refractivity contribution in [3.05, 3.63) is 22.4 Å². The molecule has 5 heteroatoms. The van der Waals surface area contributed by atoms with E-state index in [1.54, 1.807) is 0 Å². The molecule has 4 nitrogen and oxygen atoms in total. The standard InChI is InChI=1S/C13H19BrN2O2/c1-2-15-9-11(14)7-12(15)13(18)16-5-3-10(8-16)4-6-17/h7,9-10,17H,2-6,8H2,1H3. The predicted octanol–water partition coefficient (Wildman–Crippen LogP) is 2.11. The molecule has 1 fully saturated rings. The molecule has 1 aliphatic rings. The van der Waals surface area contributed by atoms with Gasteiger partial charge < -0.3 is 14.6 Å². The van der Waals surface area contributed by atoms with Crippen molar-refractivity contribution in [2.24, 2.45) is 5.92 Å². The summed E-state index contributed by atoms with van der Waals surface area (Å²) in [6.45, 7) is 4.61. The van der Waals surface area contributed by atoms with Crippen LogP contribution in [0.1, 0.15) is 30.3 Å². The van der Waals surface area contributed by atoms with Crippen molar-refractivity contribution in [1.82, 2.24) is 9.47 Å². The van der Waals surface area contributed by atoms with Crippen LogP contribution in [0.25, 0.3) is 0 Å². The second kappa shape index (κ2) is 5.89. The maximum Gasteiger partial charge on any atom is 0.270 e. The van der Waals surface area contributed by atoms with Crippen LogP contribution >= 0.6 is 15.9 Å². The monoisotopic (exact) mass is 314 g/mol. The summed E-state index contributed by atoms with van der Waals surface area (Å²) in [7, 11) is 0. The molecular weight excluding hydrogens is 296 g/mol. The zero-order chi connectivity index (χ0) is 13.1. The van der Waals surface area contributed by atoms with Gasteiger partial charge in [-0.2, -0.15) is 0 Å². The van der Waals surface area contributed by atoms with Crippen molar-refractivity contribution < 1.29 is 9.90 Å². The van der Waals surface area contributed by atoms with Gasteiger partial charge >= 0.3 is 0 Å². The first-order valence-corrected chi connectivity index (χ1v) is 7.20. The maximum atomic E-state index is 12.4. The number of hydrogen-bond acceptors (Lipinski definition) is 2. The number of carbonyl (C=O) groups is 1. The lowest BCUT2D eigenvalue weighted by Gasteiger charge is -2.17. The van der Waals surface area contributed by atoms with Crippen LogP contribution < -0.4 is 0 Å². The highest BCUT2D eigenvalue weighted by atomic mass is 79.9. The molecule has 1 N–H and O–H groups in total. The second-order valence-corrected chi connectivity index (χ2v) is 5.66. The highest BCUT2D eigenvalue weighted by Crippen LogP contribution is 2.23. The largest absolute Gasteiger partial charge is 0.396 e. The number of aliphatic hydroxyl groups excluding tert-OH is 1. The summed E-state index contributed by atoms with van der Waals surface area (Å²) >= 11 is 3.41. The van der Waals surface area contributed by atoms with Crippen molar-refractivity contribution in [1.29, 1.82) is 0 Å². The maximum absolute atomic E-state index is 12.4. The molecule has 1 aromatic heterocycles. The Hall–Kier alpha value is -0.810. The third kappa shape index (κ3) is 2.78. The van der Waals surface area contributed by atoms with Crippen LogP contribution in [-0.4, -0.2) is 40.2 Å². The fourth-order valence-corrected chi connectivity index (χ4v) is 2.98. The van der Waals surface area contributed by atoms with Gasteiger partial charge in [0.1, 0.15) is 5.69 Å². The van der Waals surface area contributed by atoms with Crippen LogP contribution in [0.4, 0.5) is 0 Å². The molecule has 0 bridgehead atoms. The molecule has 1 saturated heterocycles. The zero-order valence-electron chi connectivity index (χ0n) is 10.6. The van der Waals surface area contributed by atoms with E-state index < -0.39 is 0 Å².